The molecule has 2 amide bonds. The van der Waals surface area contributed by atoms with Crippen molar-refractivity contribution in [2.45, 2.75) is 26.3 Å². The minimum atomic E-state index is -0.246. The van der Waals surface area contributed by atoms with E-state index in [2.05, 4.69) is 10.5 Å². The van der Waals surface area contributed by atoms with Gasteiger partial charge in [0.15, 0.2) is 0 Å². The van der Waals surface area contributed by atoms with E-state index in [1.807, 2.05) is 30.3 Å². The summed E-state index contributed by atoms with van der Waals surface area (Å²) in [6.45, 7) is 3.89. The van der Waals surface area contributed by atoms with Crippen LogP contribution in [-0.4, -0.2) is 29.6 Å². The van der Waals surface area contributed by atoms with E-state index in [0.29, 0.717) is 30.0 Å². The van der Waals surface area contributed by atoms with Crippen molar-refractivity contribution in [3.8, 4) is 0 Å². The molecule has 0 radical (unpaired) electrons. The van der Waals surface area contributed by atoms with Gasteiger partial charge in [0.25, 0.3) is 5.91 Å². The highest BCUT2D eigenvalue weighted by Crippen LogP contribution is 2.21. The van der Waals surface area contributed by atoms with Gasteiger partial charge in [0.1, 0.15) is 11.3 Å². The van der Waals surface area contributed by atoms with Crippen LogP contribution in [0.3, 0.4) is 0 Å². The smallest absolute Gasteiger partial charge is 0.257 e. The molecule has 1 unspecified atom stereocenters. The Hall–Kier alpha value is -2.63. The summed E-state index contributed by atoms with van der Waals surface area (Å²) < 4.78 is 5.00. The Kier molecular flexibility index (Phi) is 3.66. The first-order valence-corrected chi connectivity index (χ1v) is 7.15. The first-order valence-electron chi connectivity index (χ1n) is 7.15. The first-order chi connectivity index (χ1) is 10.6. The SMILES string of the molecule is Cc1noc(C)c1C(=O)NC1CC(=O)N(c2ccccc2)C1. The van der Waals surface area contributed by atoms with Gasteiger partial charge in [-0.2, -0.15) is 0 Å². The van der Waals surface area contributed by atoms with Crippen LogP contribution in [0.25, 0.3) is 0 Å². The van der Waals surface area contributed by atoms with Gasteiger partial charge < -0.3 is 14.7 Å². The van der Waals surface area contributed by atoms with Gasteiger partial charge in [-0.3, -0.25) is 9.59 Å². The summed E-state index contributed by atoms with van der Waals surface area (Å²) in [6, 6.07) is 9.23. The van der Waals surface area contributed by atoms with E-state index in [0.717, 1.165) is 5.69 Å². The van der Waals surface area contributed by atoms with Crippen LogP contribution in [0.2, 0.25) is 0 Å². The van der Waals surface area contributed by atoms with Crippen molar-refractivity contribution >= 4 is 17.5 Å². The van der Waals surface area contributed by atoms with Gasteiger partial charge in [0.2, 0.25) is 5.91 Å². The zero-order valence-electron chi connectivity index (χ0n) is 12.5. The lowest BCUT2D eigenvalue weighted by Crippen LogP contribution is -2.37. The molecule has 1 atom stereocenters. The molecule has 0 bridgehead atoms. The van der Waals surface area contributed by atoms with Crippen LogP contribution in [0.5, 0.6) is 0 Å². The van der Waals surface area contributed by atoms with Crippen LogP contribution in [0.15, 0.2) is 34.9 Å². The van der Waals surface area contributed by atoms with Crippen LogP contribution in [-0.2, 0) is 4.79 Å². The summed E-state index contributed by atoms with van der Waals surface area (Å²) in [7, 11) is 0. The predicted molar refractivity (Wildman–Crippen MR) is 80.6 cm³/mol. The number of aryl methyl sites for hydroxylation is 2. The highest BCUT2D eigenvalue weighted by atomic mass is 16.5. The molecular formula is C16H17N3O3. The molecule has 1 N–H and O–H groups in total. The number of carbonyl (C=O) groups is 2. The Bertz CT molecular complexity index is 689. The van der Waals surface area contributed by atoms with Crippen molar-refractivity contribution in [1.82, 2.24) is 10.5 Å². The van der Waals surface area contributed by atoms with Gasteiger partial charge >= 0.3 is 0 Å². The zero-order chi connectivity index (χ0) is 15.7. The molecule has 2 heterocycles. The lowest BCUT2D eigenvalue weighted by atomic mass is 10.1. The monoisotopic (exact) mass is 299 g/mol. The summed E-state index contributed by atoms with van der Waals surface area (Å²) >= 11 is 0. The number of nitrogens with zero attached hydrogens (tertiary/aromatic N) is 2. The van der Waals surface area contributed by atoms with Crippen molar-refractivity contribution in [3.05, 3.63) is 47.3 Å². The minimum absolute atomic E-state index is 0.00950. The summed E-state index contributed by atoms with van der Waals surface area (Å²) in [6.07, 6.45) is 0.296. The molecular weight excluding hydrogens is 282 g/mol. The summed E-state index contributed by atoms with van der Waals surface area (Å²) in [4.78, 5) is 26.1. The number of benzene rings is 1. The molecule has 1 fully saturated rings. The summed E-state index contributed by atoms with van der Waals surface area (Å²) in [5.74, 6) is 0.249. The van der Waals surface area contributed by atoms with Crippen LogP contribution in [0.1, 0.15) is 28.2 Å². The minimum Gasteiger partial charge on any atom is -0.361 e. The Morgan fingerprint density at radius 2 is 2.05 bits per heavy atom. The maximum atomic E-state index is 12.3. The molecule has 3 rings (SSSR count). The van der Waals surface area contributed by atoms with E-state index < -0.39 is 0 Å². The second kappa shape index (κ2) is 5.63. The maximum Gasteiger partial charge on any atom is 0.257 e. The van der Waals surface area contributed by atoms with E-state index in [9.17, 15) is 9.59 Å². The van der Waals surface area contributed by atoms with Gasteiger partial charge in [-0.1, -0.05) is 23.4 Å². The van der Waals surface area contributed by atoms with Crippen molar-refractivity contribution in [3.63, 3.8) is 0 Å². The molecule has 1 aromatic heterocycles. The third-order valence-electron chi connectivity index (χ3n) is 3.79. The average molecular weight is 299 g/mol. The molecule has 22 heavy (non-hydrogen) atoms. The second-order valence-corrected chi connectivity index (χ2v) is 5.41. The number of anilines is 1. The van der Waals surface area contributed by atoms with Crippen molar-refractivity contribution < 1.29 is 14.1 Å². The molecule has 1 saturated heterocycles. The van der Waals surface area contributed by atoms with Crippen molar-refractivity contribution in [2.75, 3.05) is 11.4 Å². The van der Waals surface area contributed by atoms with E-state index >= 15 is 0 Å². The molecule has 6 nitrogen and oxygen atoms in total. The van der Waals surface area contributed by atoms with Crippen molar-refractivity contribution in [2.24, 2.45) is 0 Å². The fraction of sp³-hybridized carbons (Fsp3) is 0.312. The maximum absolute atomic E-state index is 12.3. The number of para-hydroxylation sites is 1. The normalized spacial score (nSPS) is 17.8. The third-order valence-corrected chi connectivity index (χ3v) is 3.79. The van der Waals surface area contributed by atoms with Crippen LogP contribution < -0.4 is 10.2 Å². The quantitative estimate of drug-likeness (QED) is 0.938. The molecule has 2 aromatic rings. The van der Waals surface area contributed by atoms with E-state index in [-0.39, 0.29) is 17.9 Å². The average Bonchev–Trinajstić information content (AvgIpc) is 3.02. The molecule has 0 aliphatic carbocycles. The molecule has 1 aliphatic heterocycles. The molecule has 6 heteroatoms. The van der Waals surface area contributed by atoms with Gasteiger partial charge in [0, 0.05) is 18.7 Å². The Morgan fingerprint density at radius 3 is 2.68 bits per heavy atom. The Morgan fingerprint density at radius 1 is 1.32 bits per heavy atom. The van der Waals surface area contributed by atoms with Crippen LogP contribution in [0, 0.1) is 13.8 Å². The number of rotatable bonds is 3. The predicted octanol–water partition coefficient (Wildman–Crippen LogP) is 1.83. The standard InChI is InChI=1S/C16H17N3O3/c1-10-15(11(2)22-18-10)16(21)17-12-8-14(20)19(9-12)13-6-4-3-5-7-13/h3-7,12H,8-9H2,1-2H3,(H,17,21). The zero-order valence-corrected chi connectivity index (χ0v) is 12.5. The number of carbonyl (C=O) groups excluding carboxylic acids is 2. The number of amides is 2. The van der Waals surface area contributed by atoms with E-state index in [1.54, 1.807) is 18.7 Å². The summed E-state index contributed by atoms with van der Waals surface area (Å²) in [5, 5.41) is 6.67. The highest BCUT2D eigenvalue weighted by molar-refractivity contribution is 5.99. The highest BCUT2D eigenvalue weighted by Gasteiger charge is 2.32. The molecule has 0 spiro atoms. The largest absolute Gasteiger partial charge is 0.361 e. The Labute approximate surface area is 128 Å². The van der Waals surface area contributed by atoms with Gasteiger partial charge in [-0.15, -0.1) is 0 Å². The number of aromatic nitrogens is 1. The fourth-order valence-corrected chi connectivity index (χ4v) is 2.73. The van der Waals surface area contributed by atoms with Crippen molar-refractivity contribution in [1.29, 1.82) is 0 Å². The number of hydrogen-bond donors (Lipinski definition) is 1. The van der Waals surface area contributed by atoms with Gasteiger partial charge in [-0.05, 0) is 26.0 Å². The van der Waals surface area contributed by atoms with Gasteiger partial charge in [0.05, 0.1) is 11.7 Å². The van der Waals surface area contributed by atoms with Crippen LogP contribution >= 0.6 is 0 Å². The molecule has 1 aliphatic rings. The second-order valence-electron chi connectivity index (χ2n) is 5.41. The molecule has 1 aromatic carbocycles. The molecule has 114 valence electrons. The number of hydrogen-bond acceptors (Lipinski definition) is 4. The lowest BCUT2D eigenvalue weighted by Gasteiger charge is -2.17. The van der Waals surface area contributed by atoms with Crippen LogP contribution in [0.4, 0.5) is 5.69 Å². The summed E-state index contributed by atoms with van der Waals surface area (Å²) in [5.41, 5.74) is 1.85. The number of nitrogens with one attached hydrogen (secondary N) is 1. The van der Waals surface area contributed by atoms with E-state index in [1.165, 1.54) is 0 Å². The third kappa shape index (κ3) is 2.59. The van der Waals surface area contributed by atoms with Gasteiger partial charge in [-0.25, -0.2) is 0 Å². The fourth-order valence-electron chi connectivity index (χ4n) is 2.73. The first kappa shape index (κ1) is 14.3. The topological polar surface area (TPSA) is 75.4 Å². The lowest BCUT2D eigenvalue weighted by molar-refractivity contribution is -0.117. The van der Waals surface area contributed by atoms with E-state index in [4.69, 9.17) is 4.52 Å². The Balaban J connectivity index is 1.71. The molecule has 0 saturated carbocycles.